The summed E-state index contributed by atoms with van der Waals surface area (Å²) in [5, 5.41) is 5.32. The molecule has 2 aromatic carbocycles. The van der Waals surface area contributed by atoms with E-state index in [4.69, 9.17) is 0 Å². The van der Waals surface area contributed by atoms with Gasteiger partial charge in [-0.15, -0.1) is 0 Å². The van der Waals surface area contributed by atoms with Crippen molar-refractivity contribution >= 4 is 34.3 Å². The summed E-state index contributed by atoms with van der Waals surface area (Å²) in [5.41, 5.74) is 2.10. The molecule has 0 unspecified atom stereocenters. The molecule has 0 bridgehead atoms. The number of amides is 1. The Morgan fingerprint density at radius 1 is 1.06 bits per heavy atom. The highest BCUT2D eigenvalue weighted by molar-refractivity contribution is 6.34. The van der Waals surface area contributed by atoms with Gasteiger partial charge < -0.3 is 4.57 Å². The van der Waals surface area contributed by atoms with Gasteiger partial charge in [0.15, 0.2) is 5.71 Å². The summed E-state index contributed by atoms with van der Waals surface area (Å²) >= 11 is 0. The maximum Gasteiger partial charge on any atom is 0.435 e. The van der Waals surface area contributed by atoms with Crippen molar-refractivity contribution in [2.75, 3.05) is 5.01 Å². The zero-order valence-corrected chi connectivity index (χ0v) is 18.4. The number of rotatable bonds is 4. The normalized spacial score (nSPS) is 16.8. The first kappa shape index (κ1) is 21.9. The number of benzene rings is 2. The Balaban J connectivity index is 1.95. The average molecular weight is 439 g/mol. The van der Waals surface area contributed by atoms with Crippen LogP contribution in [0.2, 0.25) is 0 Å². The van der Waals surface area contributed by atoms with Crippen LogP contribution in [0.25, 0.3) is 17.0 Å². The topological polar surface area (TPSA) is 37.6 Å². The van der Waals surface area contributed by atoms with E-state index >= 15 is 0 Å². The predicted molar refractivity (Wildman–Crippen MR) is 122 cm³/mol. The standard InChI is InChI=1S/C25H24F3N3O/c1-5-16(3)30-17(4)20(19-13-9-10-15(2)22(19)30)14-21-23(25(26,27)28)29-31(24(21)32)18-11-7-6-8-12-18/h6-14,16H,5H2,1-4H3/b21-14+/t16-/m0/s1. The minimum atomic E-state index is -4.76. The van der Waals surface area contributed by atoms with Gasteiger partial charge in [-0.05, 0) is 51.0 Å². The fraction of sp³-hybridized carbons (Fsp3) is 0.280. The lowest BCUT2D eigenvalue weighted by Crippen LogP contribution is -2.25. The van der Waals surface area contributed by atoms with Crippen molar-refractivity contribution < 1.29 is 18.0 Å². The molecule has 0 saturated heterocycles. The number of aryl methyl sites for hydroxylation is 1. The number of aromatic nitrogens is 1. The van der Waals surface area contributed by atoms with Gasteiger partial charge in [-0.3, -0.25) is 4.79 Å². The molecule has 4 rings (SSSR count). The number of hydrogen-bond donors (Lipinski definition) is 0. The van der Waals surface area contributed by atoms with Crippen LogP contribution in [0.5, 0.6) is 0 Å². The second-order valence-electron chi connectivity index (χ2n) is 8.05. The second kappa shape index (κ2) is 7.97. The van der Waals surface area contributed by atoms with Crippen molar-refractivity contribution in [3.8, 4) is 0 Å². The second-order valence-corrected chi connectivity index (χ2v) is 8.05. The van der Waals surface area contributed by atoms with Gasteiger partial charge in [-0.2, -0.15) is 23.3 Å². The van der Waals surface area contributed by atoms with Crippen LogP contribution < -0.4 is 5.01 Å². The molecular formula is C25H24F3N3O. The Morgan fingerprint density at radius 3 is 2.38 bits per heavy atom. The largest absolute Gasteiger partial charge is 0.435 e. The molecule has 0 N–H and O–H groups in total. The minimum Gasteiger partial charge on any atom is -0.341 e. The van der Waals surface area contributed by atoms with E-state index in [1.54, 1.807) is 30.3 Å². The number of para-hydroxylation sites is 2. The Morgan fingerprint density at radius 2 is 1.75 bits per heavy atom. The number of hydrogen-bond acceptors (Lipinski definition) is 2. The van der Waals surface area contributed by atoms with Gasteiger partial charge in [-0.25, -0.2) is 0 Å². The maximum atomic E-state index is 13.9. The highest BCUT2D eigenvalue weighted by atomic mass is 19.4. The number of fused-ring (bicyclic) bond motifs is 1. The molecule has 0 saturated carbocycles. The average Bonchev–Trinajstić information content (AvgIpc) is 3.24. The minimum absolute atomic E-state index is 0.154. The molecule has 32 heavy (non-hydrogen) atoms. The van der Waals surface area contributed by atoms with Crippen LogP contribution in [-0.4, -0.2) is 22.4 Å². The van der Waals surface area contributed by atoms with Crippen molar-refractivity contribution in [2.24, 2.45) is 5.10 Å². The number of anilines is 1. The van der Waals surface area contributed by atoms with Gasteiger partial charge >= 0.3 is 6.18 Å². The molecule has 0 fully saturated rings. The van der Waals surface area contributed by atoms with Gasteiger partial charge in [0.25, 0.3) is 5.91 Å². The highest BCUT2D eigenvalue weighted by Crippen LogP contribution is 2.37. The molecule has 4 nitrogen and oxygen atoms in total. The van der Waals surface area contributed by atoms with Gasteiger partial charge in [0, 0.05) is 22.7 Å². The third-order valence-corrected chi connectivity index (χ3v) is 5.99. The summed E-state index contributed by atoms with van der Waals surface area (Å²) in [6.45, 7) is 8.02. The van der Waals surface area contributed by atoms with Gasteiger partial charge in [0.1, 0.15) is 0 Å². The van der Waals surface area contributed by atoms with Crippen LogP contribution in [0.3, 0.4) is 0 Å². The number of carbonyl (C=O) groups is 1. The Labute approximate surface area is 184 Å². The van der Waals surface area contributed by atoms with Crippen LogP contribution >= 0.6 is 0 Å². The first-order valence-electron chi connectivity index (χ1n) is 10.5. The van der Waals surface area contributed by atoms with Crippen molar-refractivity contribution in [1.29, 1.82) is 0 Å². The fourth-order valence-electron chi connectivity index (χ4n) is 4.25. The van der Waals surface area contributed by atoms with E-state index in [0.29, 0.717) is 5.56 Å². The Hall–Kier alpha value is -3.35. The molecule has 0 spiro atoms. The van der Waals surface area contributed by atoms with Crippen molar-refractivity contribution in [1.82, 2.24) is 4.57 Å². The third kappa shape index (κ3) is 3.51. The third-order valence-electron chi connectivity index (χ3n) is 5.99. The SMILES string of the molecule is CC[C@H](C)n1c(C)c(/C=C2/C(=O)N(c3ccccc3)N=C2C(F)(F)F)c2cccc(C)c21. The van der Waals surface area contributed by atoms with E-state index in [1.165, 1.54) is 6.08 Å². The van der Waals surface area contributed by atoms with Crippen molar-refractivity contribution in [3.05, 3.63) is 70.9 Å². The number of halogens is 3. The molecule has 1 amide bonds. The summed E-state index contributed by atoms with van der Waals surface area (Å²) in [5.74, 6) is -0.792. The molecule has 1 aliphatic rings. The van der Waals surface area contributed by atoms with E-state index in [0.717, 1.165) is 33.6 Å². The van der Waals surface area contributed by atoms with Gasteiger partial charge in [0.05, 0.1) is 16.8 Å². The van der Waals surface area contributed by atoms with Gasteiger partial charge in [0.2, 0.25) is 0 Å². The van der Waals surface area contributed by atoms with Crippen LogP contribution in [0.4, 0.5) is 18.9 Å². The molecule has 7 heteroatoms. The zero-order chi connectivity index (χ0) is 23.2. The van der Waals surface area contributed by atoms with Crippen LogP contribution in [0, 0.1) is 13.8 Å². The lowest BCUT2D eigenvalue weighted by Gasteiger charge is -2.17. The first-order valence-corrected chi connectivity index (χ1v) is 10.5. The predicted octanol–water partition coefficient (Wildman–Crippen LogP) is 6.58. The van der Waals surface area contributed by atoms with E-state index in [1.807, 2.05) is 32.0 Å². The summed E-state index contributed by atoms with van der Waals surface area (Å²) < 4.78 is 43.8. The summed E-state index contributed by atoms with van der Waals surface area (Å²) in [4.78, 5) is 13.1. The van der Waals surface area contributed by atoms with Gasteiger partial charge in [-0.1, -0.05) is 43.3 Å². The molecule has 0 radical (unpaired) electrons. The molecule has 166 valence electrons. The monoisotopic (exact) mass is 439 g/mol. The van der Waals surface area contributed by atoms with Crippen molar-refractivity contribution in [2.45, 2.75) is 46.3 Å². The first-order chi connectivity index (χ1) is 15.1. The van der Waals surface area contributed by atoms with E-state index in [9.17, 15) is 18.0 Å². The Kier molecular flexibility index (Phi) is 5.44. The summed E-state index contributed by atoms with van der Waals surface area (Å²) in [7, 11) is 0. The number of carbonyl (C=O) groups excluding carboxylic acids is 1. The molecular weight excluding hydrogens is 415 g/mol. The quantitative estimate of drug-likeness (QED) is 0.423. The zero-order valence-electron chi connectivity index (χ0n) is 18.4. The molecule has 1 aliphatic heterocycles. The lowest BCUT2D eigenvalue weighted by atomic mass is 10.0. The summed E-state index contributed by atoms with van der Waals surface area (Å²) in [6, 6.07) is 14.1. The molecule has 0 aliphatic carbocycles. The highest BCUT2D eigenvalue weighted by Gasteiger charge is 2.47. The van der Waals surface area contributed by atoms with E-state index in [-0.39, 0.29) is 11.7 Å². The van der Waals surface area contributed by atoms with Crippen molar-refractivity contribution in [3.63, 3.8) is 0 Å². The maximum absolute atomic E-state index is 13.9. The van der Waals surface area contributed by atoms with Crippen LogP contribution in [0.15, 0.2) is 59.2 Å². The number of alkyl halides is 3. The van der Waals surface area contributed by atoms with Crippen LogP contribution in [-0.2, 0) is 4.79 Å². The Bertz CT molecular complexity index is 1250. The smallest absolute Gasteiger partial charge is 0.341 e. The molecule has 2 heterocycles. The van der Waals surface area contributed by atoms with E-state index < -0.39 is 23.4 Å². The van der Waals surface area contributed by atoms with Crippen LogP contribution in [0.1, 0.15) is 43.1 Å². The summed E-state index contributed by atoms with van der Waals surface area (Å²) in [6.07, 6.45) is -2.54. The lowest BCUT2D eigenvalue weighted by molar-refractivity contribution is -0.114. The molecule has 1 aromatic heterocycles. The molecule has 1 atom stereocenters. The van der Waals surface area contributed by atoms with E-state index in [2.05, 4.69) is 23.5 Å². The number of nitrogens with zero attached hydrogens (tertiary/aromatic N) is 3. The number of hydrazone groups is 1. The fourth-order valence-corrected chi connectivity index (χ4v) is 4.25. The molecule has 3 aromatic rings.